The molecule has 1 atom stereocenters. The topological polar surface area (TPSA) is 49.2 Å². The lowest BCUT2D eigenvalue weighted by Gasteiger charge is -2.27. The minimum Gasteiger partial charge on any atom is -0.486 e. The number of nitrogens with zero attached hydrogens (tertiary/aromatic N) is 3. The molecule has 29 heavy (non-hydrogen) atoms. The maximum atomic E-state index is 5.95. The molecule has 5 nitrogen and oxygen atoms in total. The van der Waals surface area contributed by atoms with Gasteiger partial charge in [-0.25, -0.2) is 0 Å². The van der Waals surface area contributed by atoms with Crippen molar-refractivity contribution < 1.29 is 9.47 Å². The Bertz CT molecular complexity index is 947. The number of hydrogen-bond acceptors (Lipinski definition) is 4. The summed E-state index contributed by atoms with van der Waals surface area (Å²) >= 11 is 0. The van der Waals surface area contributed by atoms with Crippen molar-refractivity contribution in [1.82, 2.24) is 14.8 Å². The number of aryl methyl sites for hydroxylation is 1. The fourth-order valence-electron chi connectivity index (χ4n) is 3.55. The van der Waals surface area contributed by atoms with Crippen molar-refractivity contribution >= 4 is 0 Å². The molecule has 0 N–H and O–H groups in total. The van der Waals surface area contributed by atoms with Gasteiger partial charge in [-0.2, -0.15) is 0 Å². The van der Waals surface area contributed by atoms with Crippen LogP contribution in [0.4, 0.5) is 0 Å². The third-order valence-corrected chi connectivity index (χ3v) is 5.57. The van der Waals surface area contributed by atoms with Gasteiger partial charge in [-0.15, -0.1) is 10.2 Å². The van der Waals surface area contributed by atoms with Crippen molar-refractivity contribution in [3.63, 3.8) is 0 Å². The zero-order chi connectivity index (χ0) is 20.2. The Morgan fingerprint density at radius 1 is 1.07 bits per heavy atom. The van der Waals surface area contributed by atoms with E-state index < -0.39 is 0 Å². The van der Waals surface area contributed by atoms with Crippen LogP contribution < -0.4 is 4.74 Å². The zero-order valence-corrected chi connectivity index (χ0v) is 17.4. The van der Waals surface area contributed by atoms with Gasteiger partial charge in [0.2, 0.25) is 0 Å². The van der Waals surface area contributed by atoms with Crippen molar-refractivity contribution in [1.29, 1.82) is 0 Å². The van der Waals surface area contributed by atoms with E-state index in [1.54, 1.807) is 0 Å². The molecule has 2 heterocycles. The summed E-state index contributed by atoms with van der Waals surface area (Å²) in [6.45, 7) is 8.93. The van der Waals surface area contributed by atoms with Gasteiger partial charge in [0.25, 0.3) is 0 Å². The Morgan fingerprint density at radius 2 is 1.86 bits per heavy atom. The number of benzene rings is 2. The number of rotatable bonds is 8. The summed E-state index contributed by atoms with van der Waals surface area (Å²) in [5.74, 6) is 2.76. The van der Waals surface area contributed by atoms with E-state index in [1.807, 2.05) is 12.4 Å². The van der Waals surface area contributed by atoms with E-state index in [9.17, 15) is 0 Å². The van der Waals surface area contributed by atoms with Gasteiger partial charge in [0, 0.05) is 12.1 Å². The molecule has 0 spiro atoms. The molecular formula is C24H29N3O2. The summed E-state index contributed by atoms with van der Waals surface area (Å²) in [4.78, 5) is 0. The normalized spacial score (nSPS) is 15.3. The molecule has 2 aromatic carbocycles. The SMILES string of the molecule is CC(C)c1cccc(-c2nncn2CCC(C)c2cccc(OC3COC3)c2)c1. The lowest BCUT2D eigenvalue weighted by molar-refractivity contribution is -0.0797. The van der Waals surface area contributed by atoms with Crippen LogP contribution >= 0.6 is 0 Å². The molecule has 152 valence electrons. The van der Waals surface area contributed by atoms with Gasteiger partial charge in [-0.05, 0) is 47.6 Å². The molecule has 3 aromatic rings. The van der Waals surface area contributed by atoms with Crippen LogP contribution in [0.25, 0.3) is 11.4 Å². The van der Waals surface area contributed by atoms with Crippen LogP contribution in [0.3, 0.4) is 0 Å². The summed E-state index contributed by atoms with van der Waals surface area (Å²) < 4.78 is 13.3. The Balaban J connectivity index is 1.43. The molecule has 1 saturated heterocycles. The number of hydrogen-bond donors (Lipinski definition) is 0. The first kappa shape index (κ1) is 19.6. The lowest BCUT2D eigenvalue weighted by atomic mass is 9.97. The van der Waals surface area contributed by atoms with Crippen molar-refractivity contribution in [2.45, 2.75) is 51.7 Å². The van der Waals surface area contributed by atoms with Crippen molar-refractivity contribution in [2.24, 2.45) is 0 Å². The number of ether oxygens (including phenoxy) is 2. The van der Waals surface area contributed by atoms with E-state index in [0.29, 0.717) is 25.0 Å². The van der Waals surface area contributed by atoms with E-state index in [4.69, 9.17) is 9.47 Å². The quantitative estimate of drug-likeness (QED) is 0.540. The molecule has 1 aliphatic heterocycles. The number of aromatic nitrogens is 3. The molecule has 1 fully saturated rings. The minimum absolute atomic E-state index is 0.196. The first-order valence-electron chi connectivity index (χ1n) is 10.4. The van der Waals surface area contributed by atoms with E-state index >= 15 is 0 Å². The Kier molecular flexibility index (Phi) is 5.95. The van der Waals surface area contributed by atoms with Crippen LogP contribution in [0, 0.1) is 0 Å². The summed E-state index contributed by atoms with van der Waals surface area (Å²) in [7, 11) is 0. The predicted molar refractivity (Wildman–Crippen MR) is 114 cm³/mol. The molecule has 1 unspecified atom stereocenters. The Hall–Kier alpha value is -2.66. The van der Waals surface area contributed by atoms with Crippen molar-refractivity contribution in [3.05, 3.63) is 66.0 Å². The van der Waals surface area contributed by atoms with Crippen LogP contribution in [0.1, 0.15) is 50.2 Å². The highest BCUT2D eigenvalue weighted by molar-refractivity contribution is 5.56. The van der Waals surface area contributed by atoms with E-state index in [-0.39, 0.29) is 6.10 Å². The van der Waals surface area contributed by atoms with Crippen LogP contribution in [0.15, 0.2) is 54.9 Å². The Labute approximate surface area is 172 Å². The molecule has 0 saturated carbocycles. The Morgan fingerprint density at radius 3 is 2.62 bits per heavy atom. The van der Waals surface area contributed by atoms with Gasteiger partial charge in [0.1, 0.15) is 18.2 Å². The first-order chi connectivity index (χ1) is 14.1. The molecular weight excluding hydrogens is 362 g/mol. The largest absolute Gasteiger partial charge is 0.486 e. The summed E-state index contributed by atoms with van der Waals surface area (Å²) in [6, 6.07) is 17.0. The maximum absolute atomic E-state index is 5.95. The van der Waals surface area contributed by atoms with Gasteiger partial charge in [0.05, 0.1) is 13.2 Å². The van der Waals surface area contributed by atoms with Crippen molar-refractivity contribution in [3.8, 4) is 17.1 Å². The monoisotopic (exact) mass is 391 g/mol. The fourth-order valence-corrected chi connectivity index (χ4v) is 3.55. The maximum Gasteiger partial charge on any atom is 0.163 e. The highest BCUT2D eigenvalue weighted by atomic mass is 16.6. The van der Waals surface area contributed by atoms with Gasteiger partial charge in [-0.3, -0.25) is 0 Å². The summed E-state index contributed by atoms with van der Waals surface area (Å²) in [5.41, 5.74) is 3.73. The van der Waals surface area contributed by atoms with Crippen LogP contribution in [0.5, 0.6) is 5.75 Å². The minimum atomic E-state index is 0.196. The highest BCUT2D eigenvalue weighted by Gasteiger charge is 2.20. The van der Waals surface area contributed by atoms with E-state index in [2.05, 4.69) is 78.0 Å². The van der Waals surface area contributed by atoms with Crippen LogP contribution in [0.2, 0.25) is 0 Å². The molecule has 5 heteroatoms. The first-order valence-corrected chi connectivity index (χ1v) is 10.4. The molecule has 0 bridgehead atoms. The smallest absolute Gasteiger partial charge is 0.163 e. The summed E-state index contributed by atoms with van der Waals surface area (Å²) in [6.07, 6.45) is 3.03. The lowest BCUT2D eigenvalue weighted by Crippen LogP contribution is -2.38. The molecule has 1 aliphatic rings. The average Bonchev–Trinajstić information content (AvgIpc) is 3.18. The fraction of sp³-hybridized carbons (Fsp3) is 0.417. The zero-order valence-electron chi connectivity index (χ0n) is 17.4. The molecule has 1 aromatic heterocycles. The second kappa shape index (κ2) is 8.78. The molecule has 0 radical (unpaired) electrons. The molecule has 4 rings (SSSR count). The van der Waals surface area contributed by atoms with Crippen LogP contribution in [-0.4, -0.2) is 34.1 Å². The average molecular weight is 392 g/mol. The predicted octanol–water partition coefficient (Wildman–Crippen LogP) is 5.04. The van der Waals surface area contributed by atoms with E-state index in [0.717, 1.165) is 30.1 Å². The second-order valence-corrected chi connectivity index (χ2v) is 8.17. The molecule has 0 amide bonds. The third-order valence-electron chi connectivity index (χ3n) is 5.57. The third kappa shape index (κ3) is 4.67. The molecule has 0 aliphatic carbocycles. The van der Waals surface area contributed by atoms with Gasteiger partial charge >= 0.3 is 0 Å². The van der Waals surface area contributed by atoms with Crippen LogP contribution in [-0.2, 0) is 11.3 Å². The highest BCUT2D eigenvalue weighted by Crippen LogP contribution is 2.27. The standard InChI is InChI=1S/C24H29N3O2/c1-17(2)19-6-4-8-21(12-19)24-26-25-16-27(24)11-10-18(3)20-7-5-9-22(13-20)29-23-14-28-15-23/h4-9,12-13,16-18,23H,10-11,14-15H2,1-3H3. The second-order valence-electron chi connectivity index (χ2n) is 8.17. The van der Waals surface area contributed by atoms with Gasteiger partial charge in [0.15, 0.2) is 5.82 Å². The van der Waals surface area contributed by atoms with Crippen molar-refractivity contribution in [2.75, 3.05) is 13.2 Å². The van der Waals surface area contributed by atoms with E-state index in [1.165, 1.54) is 11.1 Å². The van der Waals surface area contributed by atoms with Gasteiger partial charge in [-0.1, -0.05) is 51.1 Å². The van der Waals surface area contributed by atoms with Gasteiger partial charge < -0.3 is 14.0 Å². The summed E-state index contributed by atoms with van der Waals surface area (Å²) in [5, 5.41) is 8.55.